The average molecular weight is 163 g/mol. The molecule has 0 N–H and O–H groups in total. The van der Waals surface area contributed by atoms with E-state index in [0.29, 0.717) is 0 Å². The van der Waals surface area contributed by atoms with Crippen molar-refractivity contribution in [3.05, 3.63) is 0 Å². The third-order valence-corrected chi connectivity index (χ3v) is 0.811. The third kappa shape index (κ3) is 8.04. The minimum Gasteiger partial charge on any atom is -0.292 e. The van der Waals surface area contributed by atoms with Crippen LogP contribution in [0.4, 0.5) is 13.2 Å². The van der Waals surface area contributed by atoms with Crippen LogP contribution in [0.1, 0.15) is 6.42 Å². The monoisotopic (exact) mass is 162 g/mol. The zero-order chi connectivity index (χ0) is 7.33. The summed E-state index contributed by atoms with van der Waals surface area (Å²) in [6, 6.07) is 0. The fourth-order valence-corrected chi connectivity index (χ4v) is 0.352. The van der Waals surface area contributed by atoms with Gasteiger partial charge in [0.2, 0.25) is 0 Å². The molecule has 0 fully saturated rings. The first-order valence-electron chi connectivity index (χ1n) is 2.33. The molecule has 0 atom stereocenters. The van der Waals surface area contributed by atoms with Crippen LogP contribution in [0.5, 0.6) is 0 Å². The Morgan fingerprint density at radius 2 is 1.89 bits per heavy atom. The number of alkyl halides is 4. The Morgan fingerprint density at radius 1 is 1.33 bits per heavy atom. The van der Waals surface area contributed by atoms with Gasteiger partial charge in [-0.15, -0.1) is 24.8 Å². The van der Waals surface area contributed by atoms with Crippen molar-refractivity contribution in [1.29, 1.82) is 0 Å². The lowest BCUT2D eigenvalue weighted by Gasteiger charge is -2.04. The summed E-state index contributed by atoms with van der Waals surface area (Å²) in [6.07, 6.45) is -4.28. The van der Waals surface area contributed by atoms with E-state index in [0.717, 1.165) is 0 Å². The maximum atomic E-state index is 11.1. The highest BCUT2D eigenvalue weighted by Gasteiger charge is 2.28. The number of ether oxygens (including phenoxy) is 1. The summed E-state index contributed by atoms with van der Waals surface area (Å²) in [4.78, 5) is 0. The molecule has 0 heterocycles. The van der Waals surface area contributed by atoms with E-state index in [4.69, 9.17) is 11.6 Å². The molecule has 0 bridgehead atoms. The lowest BCUT2D eigenvalue weighted by molar-refractivity contribution is -0.324. The van der Waals surface area contributed by atoms with Crippen LogP contribution in [0.15, 0.2) is 0 Å². The Hall–Kier alpha value is 0.0400. The van der Waals surface area contributed by atoms with Crippen LogP contribution >= 0.6 is 11.6 Å². The quantitative estimate of drug-likeness (QED) is 0.457. The summed E-state index contributed by atoms with van der Waals surface area (Å²) in [5, 5.41) is 0. The molecule has 0 spiro atoms. The molecule has 0 rings (SSSR count). The Morgan fingerprint density at radius 3 is 2.22 bits per heavy atom. The van der Waals surface area contributed by atoms with E-state index in [1.807, 2.05) is 0 Å². The van der Waals surface area contributed by atoms with Crippen LogP contribution in [-0.4, -0.2) is 18.8 Å². The zero-order valence-corrected chi connectivity index (χ0v) is 5.30. The minimum absolute atomic E-state index is 0.191. The molecule has 0 aliphatic carbocycles. The molecular weight excluding hydrogens is 156 g/mol. The predicted octanol–water partition coefficient (Wildman–Crippen LogP) is 2.15. The van der Waals surface area contributed by atoms with E-state index in [1.165, 1.54) is 0 Å². The number of hydrogen-bond acceptors (Lipinski definition) is 1. The molecule has 0 aromatic rings. The highest BCUT2D eigenvalue weighted by molar-refractivity contribution is 6.17. The predicted molar refractivity (Wildman–Crippen MR) is 27.3 cm³/mol. The van der Waals surface area contributed by atoms with Gasteiger partial charge >= 0.3 is 6.36 Å². The fourth-order valence-electron chi connectivity index (χ4n) is 0.242. The molecule has 0 amide bonds. The van der Waals surface area contributed by atoms with E-state index in [2.05, 4.69) is 4.74 Å². The zero-order valence-electron chi connectivity index (χ0n) is 4.54. The topological polar surface area (TPSA) is 9.23 Å². The van der Waals surface area contributed by atoms with E-state index < -0.39 is 6.36 Å². The summed E-state index contributed by atoms with van der Waals surface area (Å²) < 4.78 is 36.7. The van der Waals surface area contributed by atoms with E-state index in [1.54, 1.807) is 0 Å². The van der Waals surface area contributed by atoms with Crippen LogP contribution in [0.2, 0.25) is 0 Å². The van der Waals surface area contributed by atoms with Gasteiger partial charge in [-0.2, -0.15) is 0 Å². The van der Waals surface area contributed by atoms with Gasteiger partial charge in [-0.3, -0.25) is 4.74 Å². The normalized spacial score (nSPS) is 12.0. The Balaban J connectivity index is 3.07. The van der Waals surface area contributed by atoms with Gasteiger partial charge in [0.15, 0.2) is 0 Å². The van der Waals surface area contributed by atoms with Crippen molar-refractivity contribution in [3.63, 3.8) is 0 Å². The molecular formula is C4H6ClF3O. The summed E-state index contributed by atoms with van der Waals surface area (Å²) in [6.45, 7) is -0.354. The molecule has 0 saturated carbocycles. The van der Waals surface area contributed by atoms with E-state index >= 15 is 0 Å². The van der Waals surface area contributed by atoms with Gasteiger partial charge in [0.1, 0.15) is 0 Å². The molecule has 0 radical (unpaired) electrons. The van der Waals surface area contributed by atoms with Crippen LogP contribution in [0.25, 0.3) is 0 Å². The summed E-state index contributed by atoms with van der Waals surface area (Å²) in [7, 11) is 0. The van der Waals surface area contributed by atoms with Gasteiger partial charge in [-0.25, -0.2) is 0 Å². The van der Waals surface area contributed by atoms with E-state index in [-0.39, 0.29) is 18.9 Å². The van der Waals surface area contributed by atoms with Gasteiger partial charge in [-0.05, 0) is 6.42 Å². The van der Waals surface area contributed by atoms with Crippen molar-refractivity contribution < 1.29 is 17.9 Å². The Kier molecular flexibility index (Phi) is 3.97. The van der Waals surface area contributed by atoms with Gasteiger partial charge in [0, 0.05) is 5.88 Å². The molecule has 0 unspecified atom stereocenters. The summed E-state index contributed by atoms with van der Waals surface area (Å²) in [5.41, 5.74) is 0. The molecule has 0 saturated heterocycles. The molecule has 1 nitrogen and oxygen atoms in total. The van der Waals surface area contributed by atoms with Gasteiger partial charge < -0.3 is 0 Å². The molecule has 5 heteroatoms. The first kappa shape index (κ1) is 9.04. The van der Waals surface area contributed by atoms with Gasteiger partial charge in [0.25, 0.3) is 0 Å². The van der Waals surface area contributed by atoms with Crippen molar-refractivity contribution in [2.75, 3.05) is 12.5 Å². The van der Waals surface area contributed by atoms with Gasteiger partial charge in [0.05, 0.1) is 6.61 Å². The number of rotatable bonds is 3. The highest BCUT2D eigenvalue weighted by Crippen LogP contribution is 2.15. The Bertz CT molecular complexity index is 72.7. The highest BCUT2D eigenvalue weighted by atomic mass is 35.5. The first-order chi connectivity index (χ1) is 4.06. The van der Waals surface area contributed by atoms with E-state index in [9.17, 15) is 13.2 Å². The van der Waals surface area contributed by atoms with Gasteiger partial charge in [-0.1, -0.05) is 0 Å². The molecule has 0 aromatic heterocycles. The lowest BCUT2D eigenvalue weighted by atomic mass is 10.5. The van der Waals surface area contributed by atoms with Crippen molar-refractivity contribution in [2.45, 2.75) is 12.8 Å². The molecule has 0 aromatic carbocycles. The maximum absolute atomic E-state index is 11.1. The third-order valence-electron chi connectivity index (χ3n) is 0.544. The second kappa shape index (κ2) is 3.95. The van der Waals surface area contributed by atoms with Crippen LogP contribution in [-0.2, 0) is 4.74 Å². The van der Waals surface area contributed by atoms with Crippen LogP contribution in [0, 0.1) is 0 Å². The van der Waals surface area contributed by atoms with Crippen molar-refractivity contribution in [1.82, 2.24) is 0 Å². The summed E-state index contributed by atoms with van der Waals surface area (Å²) >= 11 is 5.08. The molecule has 0 aliphatic heterocycles. The maximum Gasteiger partial charge on any atom is 0.522 e. The average Bonchev–Trinajstić information content (AvgIpc) is 1.63. The first-order valence-corrected chi connectivity index (χ1v) is 2.86. The largest absolute Gasteiger partial charge is 0.522 e. The molecule has 9 heavy (non-hydrogen) atoms. The Labute approximate surface area is 55.7 Å². The fraction of sp³-hybridized carbons (Fsp3) is 1.00. The van der Waals surface area contributed by atoms with Crippen molar-refractivity contribution >= 4 is 11.6 Å². The molecule has 0 aliphatic rings. The smallest absolute Gasteiger partial charge is 0.292 e. The van der Waals surface area contributed by atoms with Crippen molar-refractivity contribution in [3.8, 4) is 0 Å². The summed E-state index contributed by atoms with van der Waals surface area (Å²) in [5.74, 6) is 0.191. The minimum atomic E-state index is -4.51. The lowest BCUT2D eigenvalue weighted by Crippen LogP contribution is -2.14. The standard InChI is InChI=1S/C4H6ClF3O/c5-2-1-3-9-4(6,7)8/h1-3H2. The number of halogens is 4. The second-order valence-electron chi connectivity index (χ2n) is 1.34. The molecule has 56 valence electrons. The van der Waals surface area contributed by atoms with Crippen LogP contribution in [0.3, 0.4) is 0 Å². The number of hydrogen-bond donors (Lipinski definition) is 0. The second-order valence-corrected chi connectivity index (χ2v) is 1.71. The van der Waals surface area contributed by atoms with Crippen LogP contribution < -0.4 is 0 Å². The van der Waals surface area contributed by atoms with Crippen molar-refractivity contribution in [2.24, 2.45) is 0 Å². The SMILES string of the molecule is FC(F)(F)OCCCCl.